The number of unbranched alkanes of at least 4 members (excludes halogenated alkanes) is 15. The largest absolute Gasteiger partial charge is 0.469 e. The quantitative estimate of drug-likeness (QED) is 0.0237. The first-order chi connectivity index (χ1) is 22.8. The van der Waals surface area contributed by atoms with Gasteiger partial charge in [-0.2, -0.15) is 0 Å². The van der Waals surface area contributed by atoms with Crippen molar-refractivity contribution in [2.75, 3.05) is 13.2 Å². The molecule has 47 heavy (non-hydrogen) atoms. The Labute approximate surface area is 286 Å². The second kappa shape index (κ2) is 33.6. The summed E-state index contributed by atoms with van der Waals surface area (Å²) in [5.74, 6) is -0.928. The van der Waals surface area contributed by atoms with E-state index in [1.807, 2.05) is 30.4 Å². The van der Waals surface area contributed by atoms with E-state index < -0.39 is 32.5 Å². The van der Waals surface area contributed by atoms with Crippen LogP contribution in [0.5, 0.6) is 0 Å². The molecule has 0 saturated carbocycles. The molecule has 0 aromatic rings. The van der Waals surface area contributed by atoms with Gasteiger partial charge in [-0.3, -0.25) is 14.1 Å². The van der Waals surface area contributed by atoms with Crippen LogP contribution in [0.15, 0.2) is 60.8 Å². The Kier molecular flexibility index (Phi) is 32.0. The SMILES string of the molecule is CC/C=C/C=C/C=C/C=C/CCCCCCCC(=O)OC[C@H](COP(=O)(O)O)OC(=O)CCCCCCC/C=C/CCCCCCC. The summed E-state index contributed by atoms with van der Waals surface area (Å²) in [6.45, 7) is 3.49. The van der Waals surface area contributed by atoms with Crippen LogP contribution in [0.25, 0.3) is 0 Å². The predicted molar refractivity (Wildman–Crippen MR) is 193 cm³/mol. The van der Waals surface area contributed by atoms with Gasteiger partial charge in [0.15, 0.2) is 6.10 Å². The molecule has 0 saturated heterocycles. The molecule has 0 aromatic heterocycles. The van der Waals surface area contributed by atoms with E-state index in [1.54, 1.807) is 0 Å². The number of phosphoric acid groups is 1. The number of rotatable bonds is 32. The van der Waals surface area contributed by atoms with E-state index in [2.05, 4.69) is 48.8 Å². The molecule has 0 fully saturated rings. The maximum absolute atomic E-state index is 12.3. The lowest BCUT2D eigenvalue weighted by Crippen LogP contribution is -2.29. The van der Waals surface area contributed by atoms with Gasteiger partial charge in [0.05, 0.1) is 6.61 Å². The molecule has 0 aliphatic heterocycles. The minimum atomic E-state index is -4.76. The van der Waals surface area contributed by atoms with Crippen LogP contribution >= 0.6 is 7.82 Å². The van der Waals surface area contributed by atoms with Gasteiger partial charge in [-0.1, -0.05) is 139 Å². The van der Waals surface area contributed by atoms with Crippen molar-refractivity contribution in [3.8, 4) is 0 Å². The normalized spacial score (nSPS) is 13.2. The third kappa shape index (κ3) is 36.4. The Bertz CT molecular complexity index is 947. The fourth-order valence-corrected chi connectivity index (χ4v) is 5.03. The van der Waals surface area contributed by atoms with Crippen LogP contribution in [0.1, 0.15) is 149 Å². The topological polar surface area (TPSA) is 119 Å². The molecule has 0 rings (SSSR count). The lowest BCUT2D eigenvalue weighted by molar-refractivity contribution is -0.161. The molecule has 0 unspecified atom stereocenters. The van der Waals surface area contributed by atoms with Crippen molar-refractivity contribution in [3.05, 3.63) is 60.8 Å². The van der Waals surface area contributed by atoms with Crippen LogP contribution in [0.4, 0.5) is 0 Å². The first kappa shape index (κ1) is 44.8. The molecule has 0 bridgehead atoms. The van der Waals surface area contributed by atoms with Gasteiger partial charge < -0.3 is 19.3 Å². The molecule has 2 N–H and O–H groups in total. The standard InChI is InChI=1S/C38H65O8P/c1-3-5-7-9-11-13-15-17-19-21-22-24-26-28-30-32-37(39)44-34-36(35-45-47(41,42)43)46-38(40)33-31-29-27-25-23-20-18-16-14-12-10-8-6-4-2/h5,7,9,11,13,15-19,36H,3-4,6,8,10,12,14,20-35H2,1-2H3,(H2,41,42,43)/b7-5+,11-9+,15-13+,18-16+,19-17+/t36-/m1/s1. The fourth-order valence-electron chi connectivity index (χ4n) is 4.67. The minimum Gasteiger partial charge on any atom is -0.462 e. The summed E-state index contributed by atoms with van der Waals surface area (Å²) in [7, 11) is -4.76. The predicted octanol–water partition coefficient (Wildman–Crippen LogP) is 10.6. The lowest BCUT2D eigenvalue weighted by Gasteiger charge is -2.18. The molecular formula is C38H65O8P. The molecule has 0 aromatic carbocycles. The number of allylic oxidation sites excluding steroid dienone is 10. The van der Waals surface area contributed by atoms with Gasteiger partial charge in [0.1, 0.15) is 6.61 Å². The van der Waals surface area contributed by atoms with Crippen LogP contribution in [0, 0.1) is 0 Å². The molecule has 0 heterocycles. The number of phosphoric ester groups is 1. The molecule has 0 aliphatic carbocycles. The van der Waals surface area contributed by atoms with Gasteiger partial charge in [0.25, 0.3) is 0 Å². The number of hydrogen-bond donors (Lipinski definition) is 2. The number of carbonyl (C=O) groups is 2. The van der Waals surface area contributed by atoms with Crippen molar-refractivity contribution in [3.63, 3.8) is 0 Å². The fraction of sp³-hybridized carbons (Fsp3) is 0.684. The summed E-state index contributed by atoms with van der Waals surface area (Å²) in [6.07, 6.45) is 40.8. The third-order valence-electron chi connectivity index (χ3n) is 7.36. The first-order valence-corrected chi connectivity index (χ1v) is 19.7. The first-order valence-electron chi connectivity index (χ1n) is 18.1. The Morgan fingerprint density at radius 1 is 0.574 bits per heavy atom. The van der Waals surface area contributed by atoms with Crippen molar-refractivity contribution in [1.82, 2.24) is 0 Å². The Hall–Kier alpha value is -2.25. The number of ether oxygens (including phenoxy) is 2. The van der Waals surface area contributed by atoms with Crippen molar-refractivity contribution in [2.45, 2.75) is 155 Å². The summed E-state index contributed by atoms with van der Waals surface area (Å²) >= 11 is 0. The van der Waals surface area contributed by atoms with E-state index in [4.69, 9.17) is 19.3 Å². The number of carbonyl (C=O) groups excluding carboxylic acids is 2. The average molecular weight is 681 g/mol. The van der Waals surface area contributed by atoms with Gasteiger partial charge in [0, 0.05) is 12.8 Å². The van der Waals surface area contributed by atoms with Crippen molar-refractivity contribution >= 4 is 19.8 Å². The molecule has 0 amide bonds. The van der Waals surface area contributed by atoms with Gasteiger partial charge in [-0.25, -0.2) is 4.57 Å². The molecule has 0 aliphatic rings. The molecule has 0 spiro atoms. The van der Waals surface area contributed by atoms with Crippen LogP contribution in [-0.2, 0) is 28.2 Å². The van der Waals surface area contributed by atoms with Crippen molar-refractivity contribution in [1.29, 1.82) is 0 Å². The van der Waals surface area contributed by atoms with Crippen molar-refractivity contribution < 1.29 is 37.9 Å². The van der Waals surface area contributed by atoms with Crippen LogP contribution in [-0.4, -0.2) is 41.0 Å². The van der Waals surface area contributed by atoms with Gasteiger partial charge in [-0.15, -0.1) is 0 Å². The van der Waals surface area contributed by atoms with Gasteiger partial charge in [-0.05, 0) is 57.8 Å². The zero-order valence-corrected chi connectivity index (χ0v) is 30.3. The summed E-state index contributed by atoms with van der Waals surface area (Å²) < 4.78 is 26.2. The zero-order valence-electron chi connectivity index (χ0n) is 29.4. The number of hydrogen-bond acceptors (Lipinski definition) is 6. The van der Waals surface area contributed by atoms with Gasteiger partial charge in [0.2, 0.25) is 0 Å². The highest BCUT2D eigenvalue weighted by Gasteiger charge is 2.22. The van der Waals surface area contributed by atoms with E-state index >= 15 is 0 Å². The molecule has 9 heteroatoms. The molecular weight excluding hydrogens is 615 g/mol. The molecule has 8 nitrogen and oxygen atoms in total. The molecule has 270 valence electrons. The summed E-state index contributed by atoms with van der Waals surface area (Å²) in [4.78, 5) is 42.6. The van der Waals surface area contributed by atoms with E-state index in [1.165, 1.54) is 38.5 Å². The second-order valence-electron chi connectivity index (χ2n) is 11.9. The minimum absolute atomic E-state index is 0.194. The van der Waals surface area contributed by atoms with E-state index in [0.29, 0.717) is 12.8 Å². The lowest BCUT2D eigenvalue weighted by atomic mass is 10.1. The summed E-state index contributed by atoms with van der Waals surface area (Å²) in [5, 5.41) is 0. The van der Waals surface area contributed by atoms with Crippen LogP contribution in [0.3, 0.4) is 0 Å². The molecule has 1 atom stereocenters. The highest BCUT2D eigenvalue weighted by molar-refractivity contribution is 7.46. The zero-order chi connectivity index (χ0) is 34.7. The molecule has 0 radical (unpaired) electrons. The third-order valence-corrected chi connectivity index (χ3v) is 7.85. The van der Waals surface area contributed by atoms with E-state index in [-0.39, 0.29) is 19.4 Å². The van der Waals surface area contributed by atoms with Crippen LogP contribution in [0.2, 0.25) is 0 Å². The highest BCUT2D eigenvalue weighted by Crippen LogP contribution is 2.36. The Morgan fingerprint density at radius 3 is 1.60 bits per heavy atom. The Morgan fingerprint density at radius 2 is 1.04 bits per heavy atom. The smallest absolute Gasteiger partial charge is 0.462 e. The second-order valence-corrected chi connectivity index (χ2v) is 13.1. The Balaban J connectivity index is 4.06. The van der Waals surface area contributed by atoms with Crippen molar-refractivity contribution in [2.24, 2.45) is 0 Å². The van der Waals surface area contributed by atoms with Crippen LogP contribution < -0.4 is 0 Å². The number of esters is 2. The average Bonchev–Trinajstić information content (AvgIpc) is 3.03. The monoisotopic (exact) mass is 680 g/mol. The van der Waals surface area contributed by atoms with E-state index in [0.717, 1.165) is 70.6 Å². The summed E-state index contributed by atoms with van der Waals surface area (Å²) in [6, 6.07) is 0. The maximum atomic E-state index is 12.3. The summed E-state index contributed by atoms with van der Waals surface area (Å²) in [5.41, 5.74) is 0. The van der Waals surface area contributed by atoms with Gasteiger partial charge >= 0.3 is 19.8 Å². The maximum Gasteiger partial charge on any atom is 0.469 e. The highest BCUT2D eigenvalue weighted by atomic mass is 31.2. The van der Waals surface area contributed by atoms with E-state index in [9.17, 15) is 14.2 Å².